The molecule has 1 heterocycles. The van der Waals surface area contributed by atoms with Crippen LogP contribution in [0.3, 0.4) is 0 Å². The number of nitrogens with zero attached hydrogens (tertiary/aromatic N) is 1. The molecule has 0 aliphatic carbocycles. The van der Waals surface area contributed by atoms with Gasteiger partial charge in [0.2, 0.25) is 15.9 Å². The zero-order chi connectivity index (χ0) is 19.5. The summed E-state index contributed by atoms with van der Waals surface area (Å²) < 4.78 is 31.8. The summed E-state index contributed by atoms with van der Waals surface area (Å²) in [5.41, 5.74) is 0.959. The number of hydrogen-bond acceptors (Lipinski definition) is 5. The van der Waals surface area contributed by atoms with Crippen molar-refractivity contribution in [1.82, 2.24) is 14.9 Å². The van der Waals surface area contributed by atoms with Gasteiger partial charge in [0.25, 0.3) is 0 Å². The number of hydrogen-bond donors (Lipinski definition) is 2. The van der Waals surface area contributed by atoms with E-state index < -0.39 is 10.0 Å². The molecule has 152 valence electrons. The Morgan fingerprint density at radius 3 is 2.44 bits per heavy atom. The third-order valence-electron chi connectivity index (χ3n) is 4.62. The fourth-order valence-electron chi connectivity index (χ4n) is 3.02. The number of aryl methyl sites for hydroxylation is 1. The van der Waals surface area contributed by atoms with Gasteiger partial charge in [-0.1, -0.05) is 18.6 Å². The first kappa shape index (κ1) is 21.8. The molecule has 0 atom stereocenters. The molecule has 0 saturated carbocycles. The van der Waals surface area contributed by atoms with Crippen molar-refractivity contribution in [1.29, 1.82) is 0 Å². The van der Waals surface area contributed by atoms with Gasteiger partial charge in [0, 0.05) is 46.3 Å². The summed E-state index contributed by atoms with van der Waals surface area (Å²) in [6.07, 6.45) is 3.92. The number of amides is 1. The van der Waals surface area contributed by atoms with E-state index in [2.05, 4.69) is 10.6 Å². The second kappa shape index (κ2) is 11.4. The molecule has 1 amide bonds. The monoisotopic (exact) mass is 397 g/mol. The maximum Gasteiger partial charge on any atom is 0.243 e. The smallest absolute Gasteiger partial charge is 0.243 e. The van der Waals surface area contributed by atoms with Gasteiger partial charge in [-0.05, 0) is 37.0 Å². The molecule has 0 bridgehead atoms. The minimum atomic E-state index is -3.39. The summed E-state index contributed by atoms with van der Waals surface area (Å²) in [7, 11) is -1.74. The van der Waals surface area contributed by atoms with Crippen LogP contribution in [0, 0.1) is 0 Å². The summed E-state index contributed by atoms with van der Waals surface area (Å²) >= 11 is 0. The Hall–Kier alpha value is -1.48. The highest BCUT2D eigenvalue weighted by Crippen LogP contribution is 2.21. The van der Waals surface area contributed by atoms with E-state index in [1.807, 2.05) is 0 Å². The van der Waals surface area contributed by atoms with Crippen molar-refractivity contribution in [3.63, 3.8) is 0 Å². The molecule has 2 rings (SSSR count). The largest absolute Gasteiger partial charge is 0.383 e. The highest BCUT2D eigenvalue weighted by atomic mass is 32.2. The number of rotatable bonds is 11. The van der Waals surface area contributed by atoms with Crippen molar-refractivity contribution >= 4 is 15.9 Å². The van der Waals surface area contributed by atoms with Crippen LogP contribution in [0.15, 0.2) is 29.2 Å². The zero-order valence-electron chi connectivity index (χ0n) is 16.1. The van der Waals surface area contributed by atoms with Crippen LogP contribution in [-0.4, -0.2) is 65.1 Å². The van der Waals surface area contributed by atoms with Gasteiger partial charge < -0.3 is 15.4 Å². The van der Waals surface area contributed by atoms with E-state index in [1.165, 1.54) is 0 Å². The van der Waals surface area contributed by atoms with Crippen molar-refractivity contribution in [3.05, 3.63) is 29.8 Å². The van der Waals surface area contributed by atoms with Crippen molar-refractivity contribution in [2.45, 2.75) is 37.0 Å². The van der Waals surface area contributed by atoms with Gasteiger partial charge in [-0.25, -0.2) is 8.42 Å². The van der Waals surface area contributed by atoms with Gasteiger partial charge >= 0.3 is 0 Å². The lowest BCUT2D eigenvalue weighted by Crippen LogP contribution is -2.35. The average Bonchev–Trinajstić information content (AvgIpc) is 2.70. The molecule has 0 unspecified atom stereocenters. The lowest BCUT2D eigenvalue weighted by Gasteiger charge is -2.25. The van der Waals surface area contributed by atoms with E-state index in [0.29, 0.717) is 50.5 Å². The molecule has 0 radical (unpaired) electrons. The molecule has 0 spiro atoms. The third kappa shape index (κ3) is 7.21. The predicted molar refractivity (Wildman–Crippen MR) is 105 cm³/mol. The maximum absolute atomic E-state index is 12.6. The lowest BCUT2D eigenvalue weighted by molar-refractivity contribution is -0.121. The molecule has 27 heavy (non-hydrogen) atoms. The highest BCUT2D eigenvalue weighted by molar-refractivity contribution is 7.89. The van der Waals surface area contributed by atoms with E-state index in [9.17, 15) is 13.2 Å². The normalized spacial score (nSPS) is 15.6. The third-order valence-corrected chi connectivity index (χ3v) is 6.54. The zero-order valence-corrected chi connectivity index (χ0v) is 16.9. The number of carbonyl (C=O) groups excluding carboxylic acids is 1. The van der Waals surface area contributed by atoms with Gasteiger partial charge in [-0.2, -0.15) is 4.31 Å². The second-order valence-electron chi connectivity index (χ2n) is 6.70. The highest BCUT2D eigenvalue weighted by Gasteiger charge is 2.25. The van der Waals surface area contributed by atoms with Crippen LogP contribution in [0.5, 0.6) is 0 Å². The summed E-state index contributed by atoms with van der Waals surface area (Å²) in [6.45, 7) is 3.90. The Balaban J connectivity index is 1.74. The van der Waals surface area contributed by atoms with Crippen LogP contribution >= 0.6 is 0 Å². The van der Waals surface area contributed by atoms with Crippen molar-refractivity contribution in [2.75, 3.05) is 46.4 Å². The number of piperidine rings is 1. The molecule has 2 N–H and O–H groups in total. The Bertz CT molecular complexity index is 671. The fourth-order valence-corrected chi connectivity index (χ4v) is 4.54. The summed E-state index contributed by atoms with van der Waals surface area (Å²) in [5.74, 6) is -0.00597. The number of sulfonamides is 1. The van der Waals surface area contributed by atoms with Crippen molar-refractivity contribution in [3.8, 4) is 0 Å². The first-order valence-electron chi connectivity index (χ1n) is 9.59. The molecule has 1 aromatic rings. The van der Waals surface area contributed by atoms with Gasteiger partial charge in [0.05, 0.1) is 11.5 Å². The topological polar surface area (TPSA) is 87.7 Å². The summed E-state index contributed by atoms with van der Waals surface area (Å²) in [4.78, 5) is 12.2. The fraction of sp³-hybridized carbons (Fsp3) is 0.632. The van der Waals surface area contributed by atoms with E-state index in [4.69, 9.17) is 4.74 Å². The summed E-state index contributed by atoms with van der Waals surface area (Å²) in [5, 5.41) is 6.03. The standard InChI is InChI=1S/C19H31N3O4S/c1-26-16-13-20-11-12-21-19(23)10-7-17-5-8-18(9-6-17)27(24,25)22-14-3-2-4-15-22/h5-6,8-9,20H,2-4,7,10-16H2,1H3,(H,21,23). The van der Waals surface area contributed by atoms with Crippen LogP contribution in [0.1, 0.15) is 31.2 Å². The first-order valence-corrected chi connectivity index (χ1v) is 11.0. The molecular weight excluding hydrogens is 366 g/mol. The van der Waals surface area contributed by atoms with Gasteiger partial charge in [0.15, 0.2) is 0 Å². The number of nitrogens with one attached hydrogen (secondary N) is 2. The quantitative estimate of drug-likeness (QED) is 0.547. The first-order chi connectivity index (χ1) is 13.0. The van der Waals surface area contributed by atoms with Gasteiger partial charge in [-0.15, -0.1) is 0 Å². The van der Waals surface area contributed by atoms with Crippen molar-refractivity contribution in [2.24, 2.45) is 0 Å². The van der Waals surface area contributed by atoms with Crippen LogP contribution < -0.4 is 10.6 Å². The van der Waals surface area contributed by atoms with E-state index in [-0.39, 0.29) is 5.91 Å². The van der Waals surface area contributed by atoms with Gasteiger partial charge in [-0.3, -0.25) is 4.79 Å². The molecule has 1 aromatic carbocycles. The van der Waals surface area contributed by atoms with Crippen molar-refractivity contribution < 1.29 is 17.9 Å². The second-order valence-corrected chi connectivity index (χ2v) is 8.64. The van der Waals surface area contributed by atoms with Crippen LogP contribution in [0.4, 0.5) is 0 Å². The maximum atomic E-state index is 12.6. The molecule has 1 aliphatic heterocycles. The number of ether oxygens (including phenoxy) is 1. The van der Waals surface area contributed by atoms with Crippen LogP contribution in [0.2, 0.25) is 0 Å². The lowest BCUT2D eigenvalue weighted by atomic mass is 10.1. The molecule has 1 saturated heterocycles. The molecule has 1 fully saturated rings. The average molecular weight is 398 g/mol. The van der Waals surface area contributed by atoms with E-state index >= 15 is 0 Å². The SMILES string of the molecule is COCCNCCNC(=O)CCc1ccc(S(=O)(=O)N2CCCCC2)cc1. The Morgan fingerprint density at radius 2 is 1.78 bits per heavy atom. The van der Waals surface area contributed by atoms with Crippen LogP contribution in [-0.2, 0) is 26.0 Å². The van der Waals surface area contributed by atoms with Crippen LogP contribution in [0.25, 0.3) is 0 Å². The molecule has 0 aromatic heterocycles. The van der Waals surface area contributed by atoms with E-state index in [0.717, 1.165) is 31.4 Å². The Labute approximate surface area is 162 Å². The molecule has 7 nitrogen and oxygen atoms in total. The minimum Gasteiger partial charge on any atom is -0.383 e. The Morgan fingerprint density at radius 1 is 1.07 bits per heavy atom. The summed E-state index contributed by atoms with van der Waals surface area (Å²) in [6, 6.07) is 6.90. The predicted octanol–water partition coefficient (Wildman–Crippen LogP) is 1.15. The number of methoxy groups -OCH3 is 1. The number of benzene rings is 1. The molecular formula is C19H31N3O4S. The Kier molecular flexibility index (Phi) is 9.20. The molecule has 1 aliphatic rings. The number of carbonyl (C=O) groups is 1. The minimum absolute atomic E-state index is 0.00597. The van der Waals surface area contributed by atoms with E-state index in [1.54, 1.807) is 35.7 Å². The van der Waals surface area contributed by atoms with Gasteiger partial charge in [0.1, 0.15) is 0 Å². The molecule has 8 heteroatoms.